The van der Waals surface area contributed by atoms with Crippen molar-refractivity contribution in [2.45, 2.75) is 51.4 Å². The van der Waals surface area contributed by atoms with Gasteiger partial charge in [0.2, 0.25) is 5.91 Å². The van der Waals surface area contributed by atoms with Gasteiger partial charge in [0, 0.05) is 13.1 Å². The highest BCUT2D eigenvalue weighted by molar-refractivity contribution is 5.85. The summed E-state index contributed by atoms with van der Waals surface area (Å²) in [5.41, 5.74) is -0.671. The largest absolute Gasteiger partial charge is 0.341 e. The summed E-state index contributed by atoms with van der Waals surface area (Å²) < 4.78 is 0. The third-order valence-corrected chi connectivity index (χ3v) is 3.97. The summed E-state index contributed by atoms with van der Waals surface area (Å²) >= 11 is 0. The van der Waals surface area contributed by atoms with Crippen molar-refractivity contribution in [1.29, 1.82) is 5.26 Å². The third kappa shape index (κ3) is 2.07. The van der Waals surface area contributed by atoms with Gasteiger partial charge in [-0.3, -0.25) is 4.79 Å². The van der Waals surface area contributed by atoms with E-state index in [9.17, 15) is 10.1 Å². The second kappa shape index (κ2) is 4.86. The highest BCUT2D eigenvalue weighted by Gasteiger charge is 2.42. The van der Waals surface area contributed by atoms with E-state index >= 15 is 0 Å². The maximum atomic E-state index is 12.4. The highest BCUT2D eigenvalue weighted by Crippen LogP contribution is 2.37. The first-order valence-electron chi connectivity index (χ1n) is 6.49. The van der Waals surface area contributed by atoms with Gasteiger partial charge >= 0.3 is 0 Å². The normalized spacial score (nSPS) is 24.8. The highest BCUT2D eigenvalue weighted by atomic mass is 16.2. The molecule has 0 bridgehead atoms. The molecule has 0 aromatic rings. The number of carbonyl (C=O) groups excluding carboxylic acids is 1. The molecule has 0 N–H and O–H groups in total. The molecule has 16 heavy (non-hydrogen) atoms. The molecule has 3 heteroatoms. The molecule has 0 radical (unpaired) electrons. The lowest BCUT2D eigenvalue weighted by molar-refractivity contribution is -0.141. The predicted octanol–water partition coefficient (Wildman–Crippen LogP) is 2.47. The van der Waals surface area contributed by atoms with Crippen LogP contribution in [0, 0.1) is 16.7 Å². The maximum Gasteiger partial charge on any atom is 0.243 e. The SMILES string of the molecule is N#CC1(C(=O)N2CCCCC2)CCCCC1. The molecule has 2 aliphatic rings. The second-order valence-electron chi connectivity index (χ2n) is 5.11. The molecule has 2 rings (SSSR count). The van der Waals surface area contributed by atoms with Crippen LogP contribution in [-0.4, -0.2) is 23.9 Å². The van der Waals surface area contributed by atoms with E-state index in [0.29, 0.717) is 0 Å². The van der Waals surface area contributed by atoms with Gasteiger partial charge in [-0.25, -0.2) is 0 Å². The summed E-state index contributed by atoms with van der Waals surface area (Å²) in [7, 11) is 0. The van der Waals surface area contributed by atoms with E-state index in [1.54, 1.807) is 0 Å². The molecule has 1 aliphatic heterocycles. The van der Waals surface area contributed by atoms with E-state index in [1.807, 2.05) is 4.90 Å². The van der Waals surface area contributed by atoms with Crippen molar-refractivity contribution >= 4 is 5.91 Å². The smallest absolute Gasteiger partial charge is 0.243 e. The zero-order valence-corrected chi connectivity index (χ0v) is 9.87. The fourth-order valence-electron chi connectivity index (χ4n) is 2.93. The Morgan fingerprint density at radius 3 is 2.12 bits per heavy atom. The summed E-state index contributed by atoms with van der Waals surface area (Å²) in [6.07, 6.45) is 8.23. The predicted molar refractivity (Wildman–Crippen MR) is 61.6 cm³/mol. The Bertz CT molecular complexity index is 294. The van der Waals surface area contributed by atoms with Crippen molar-refractivity contribution < 1.29 is 4.79 Å². The number of nitriles is 1. The van der Waals surface area contributed by atoms with Crippen molar-refractivity contribution in [3.63, 3.8) is 0 Å². The molecular weight excluding hydrogens is 200 g/mol. The Morgan fingerprint density at radius 2 is 1.56 bits per heavy atom. The van der Waals surface area contributed by atoms with Crippen molar-refractivity contribution in [2.75, 3.05) is 13.1 Å². The number of carbonyl (C=O) groups is 1. The number of hydrogen-bond donors (Lipinski definition) is 0. The second-order valence-corrected chi connectivity index (χ2v) is 5.11. The molecule has 1 aliphatic carbocycles. The van der Waals surface area contributed by atoms with Crippen LogP contribution < -0.4 is 0 Å². The molecule has 0 spiro atoms. The van der Waals surface area contributed by atoms with Crippen LogP contribution in [0.1, 0.15) is 51.4 Å². The molecule has 1 saturated carbocycles. The van der Waals surface area contributed by atoms with Crippen molar-refractivity contribution in [3.8, 4) is 6.07 Å². The first-order chi connectivity index (χ1) is 7.78. The molecule has 0 aromatic carbocycles. The van der Waals surface area contributed by atoms with Gasteiger partial charge in [0.1, 0.15) is 5.41 Å². The van der Waals surface area contributed by atoms with E-state index in [0.717, 1.165) is 51.6 Å². The minimum atomic E-state index is -0.671. The number of amides is 1. The van der Waals surface area contributed by atoms with Gasteiger partial charge in [-0.05, 0) is 32.1 Å². The van der Waals surface area contributed by atoms with Gasteiger partial charge < -0.3 is 4.90 Å². The van der Waals surface area contributed by atoms with Gasteiger partial charge in [-0.1, -0.05) is 19.3 Å². The van der Waals surface area contributed by atoms with Gasteiger partial charge in [0.05, 0.1) is 6.07 Å². The molecule has 1 heterocycles. The molecule has 0 atom stereocenters. The van der Waals surface area contributed by atoms with Crippen LogP contribution in [0.2, 0.25) is 0 Å². The number of hydrogen-bond acceptors (Lipinski definition) is 2. The van der Waals surface area contributed by atoms with Gasteiger partial charge in [0.25, 0.3) is 0 Å². The first-order valence-corrected chi connectivity index (χ1v) is 6.49. The molecule has 1 amide bonds. The molecule has 0 unspecified atom stereocenters. The zero-order chi connectivity index (χ0) is 11.4. The van der Waals surface area contributed by atoms with Gasteiger partial charge in [0.15, 0.2) is 0 Å². The van der Waals surface area contributed by atoms with E-state index in [2.05, 4.69) is 6.07 Å². The average Bonchev–Trinajstić information content (AvgIpc) is 2.39. The number of piperidine rings is 1. The summed E-state index contributed by atoms with van der Waals surface area (Å²) in [5, 5.41) is 9.35. The Hall–Kier alpha value is -1.04. The summed E-state index contributed by atoms with van der Waals surface area (Å²) in [6, 6.07) is 2.32. The molecule has 0 aromatic heterocycles. The zero-order valence-electron chi connectivity index (χ0n) is 9.87. The van der Waals surface area contributed by atoms with Crippen LogP contribution >= 0.6 is 0 Å². The summed E-state index contributed by atoms with van der Waals surface area (Å²) in [5.74, 6) is 0.120. The first kappa shape index (κ1) is 11.4. The monoisotopic (exact) mass is 220 g/mol. The third-order valence-electron chi connectivity index (χ3n) is 3.97. The quantitative estimate of drug-likeness (QED) is 0.681. The van der Waals surface area contributed by atoms with Gasteiger partial charge in [-0.2, -0.15) is 5.26 Å². The maximum absolute atomic E-state index is 12.4. The van der Waals surface area contributed by atoms with E-state index < -0.39 is 5.41 Å². The van der Waals surface area contributed by atoms with Crippen LogP contribution in [0.5, 0.6) is 0 Å². The lowest BCUT2D eigenvalue weighted by atomic mass is 9.74. The van der Waals surface area contributed by atoms with Crippen molar-refractivity contribution in [3.05, 3.63) is 0 Å². The minimum Gasteiger partial charge on any atom is -0.341 e. The van der Waals surface area contributed by atoms with Crippen molar-refractivity contribution in [1.82, 2.24) is 4.90 Å². The Morgan fingerprint density at radius 1 is 1.00 bits per heavy atom. The average molecular weight is 220 g/mol. The van der Waals surface area contributed by atoms with Gasteiger partial charge in [-0.15, -0.1) is 0 Å². The Kier molecular flexibility index (Phi) is 3.48. The van der Waals surface area contributed by atoms with Crippen LogP contribution in [0.15, 0.2) is 0 Å². The standard InChI is InChI=1S/C13H20N2O/c14-11-13(7-3-1-4-8-13)12(16)15-9-5-2-6-10-15/h1-10H2. The molecule has 3 nitrogen and oxygen atoms in total. The lowest BCUT2D eigenvalue weighted by Gasteiger charge is -2.36. The molecule has 1 saturated heterocycles. The minimum absolute atomic E-state index is 0.120. The van der Waals surface area contributed by atoms with Crippen LogP contribution in [0.3, 0.4) is 0 Å². The molecule has 88 valence electrons. The number of likely N-dealkylation sites (tertiary alicyclic amines) is 1. The van der Waals surface area contributed by atoms with E-state index in [4.69, 9.17) is 0 Å². The summed E-state index contributed by atoms with van der Waals surface area (Å²) in [4.78, 5) is 14.3. The lowest BCUT2D eigenvalue weighted by Crippen LogP contribution is -2.46. The van der Waals surface area contributed by atoms with Crippen LogP contribution in [-0.2, 0) is 4.79 Å². The van der Waals surface area contributed by atoms with Crippen LogP contribution in [0.4, 0.5) is 0 Å². The van der Waals surface area contributed by atoms with Crippen LogP contribution in [0.25, 0.3) is 0 Å². The Balaban J connectivity index is 2.08. The molecular formula is C13H20N2O. The molecule has 2 fully saturated rings. The Labute approximate surface area is 97.4 Å². The van der Waals surface area contributed by atoms with E-state index in [1.165, 1.54) is 12.8 Å². The number of nitrogens with zero attached hydrogens (tertiary/aromatic N) is 2. The topological polar surface area (TPSA) is 44.1 Å². The fraction of sp³-hybridized carbons (Fsp3) is 0.846. The summed E-state index contributed by atoms with van der Waals surface area (Å²) in [6.45, 7) is 1.73. The fourth-order valence-corrected chi connectivity index (χ4v) is 2.93. The number of rotatable bonds is 1. The van der Waals surface area contributed by atoms with Crippen molar-refractivity contribution in [2.24, 2.45) is 5.41 Å². The van der Waals surface area contributed by atoms with E-state index in [-0.39, 0.29) is 5.91 Å².